The Bertz CT molecular complexity index is 2280. The second kappa shape index (κ2) is 16.8. The summed E-state index contributed by atoms with van der Waals surface area (Å²) >= 11 is 0. The zero-order chi connectivity index (χ0) is 36.5. The zero-order valence-corrected chi connectivity index (χ0v) is 31.0. The minimum absolute atomic E-state index is 0.722. The van der Waals surface area contributed by atoms with Gasteiger partial charge < -0.3 is 4.57 Å². The predicted molar refractivity (Wildman–Crippen MR) is 224 cm³/mol. The van der Waals surface area contributed by atoms with Gasteiger partial charge in [0.25, 0.3) is 0 Å². The van der Waals surface area contributed by atoms with Crippen molar-refractivity contribution in [3.05, 3.63) is 175 Å². The fourth-order valence-corrected chi connectivity index (χ4v) is 6.56. The quantitative estimate of drug-likeness (QED) is 0.157. The van der Waals surface area contributed by atoms with Crippen molar-refractivity contribution < 1.29 is 0 Å². The van der Waals surface area contributed by atoms with Gasteiger partial charge in [0.1, 0.15) is 0 Å². The van der Waals surface area contributed by atoms with E-state index in [1.54, 1.807) is 6.08 Å². The van der Waals surface area contributed by atoms with Crippen molar-refractivity contribution in [1.82, 2.24) is 14.5 Å². The van der Waals surface area contributed by atoms with Crippen molar-refractivity contribution in [3.8, 4) is 50.7 Å². The van der Waals surface area contributed by atoms with Gasteiger partial charge in [-0.25, -0.2) is 9.97 Å². The Morgan fingerprint density at radius 2 is 0.981 bits per heavy atom. The topological polar surface area (TPSA) is 30.7 Å². The van der Waals surface area contributed by atoms with E-state index in [1.165, 1.54) is 38.5 Å². The van der Waals surface area contributed by atoms with Gasteiger partial charge in [-0.2, -0.15) is 0 Å². The molecule has 0 unspecified atom stereocenters. The van der Waals surface area contributed by atoms with Gasteiger partial charge in [-0.15, -0.1) is 6.58 Å². The largest absolute Gasteiger partial charge is 0.309 e. The number of aryl methyl sites for hydroxylation is 2. The summed E-state index contributed by atoms with van der Waals surface area (Å²) in [7, 11) is 0. The van der Waals surface area contributed by atoms with Gasteiger partial charge in [0, 0.05) is 33.2 Å². The van der Waals surface area contributed by atoms with Crippen LogP contribution in [-0.2, 0) is 12.8 Å². The lowest BCUT2D eigenvalue weighted by molar-refractivity contribution is 1.13. The summed E-state index contributed by atoms with van der Waals surface area (Å²) in [6.45, 7) is 13.7. The van der Waals surface area contributed by atoms with Crippen molar-refractivity contribution in [1.29, 1.82) is 0 Å². The molecule has 52 heavy (non-hydrogen) atoms. The first-order valence-corrected chi connectivity index (χ1v) is 18.4. The molecule has 258 valence electrons. The average molecular weight is 678 g/mol. The molecule has 0 atom stereocenters. The van der Waals surface area contributed by atoms with Crippen molar-refractivity contribution in [2.75, 3.05) is 0 Å². The molecule has 3 nitrogen and oxygen atoms in total. The standard InChI is InChI=1S/C44H35N3.C3H6.C2H6/c1-3-30-18-24-42-38(26-30)39-27-31(4-2)19-25-43(39)47(42)37-22-20-32(21-23-37)35-16-11-17-36(28-35)41-29-40(33-12-7-5-8-13-33)45-44(46-41)34-14-9-6-10-15-34;1-3-2;1-2/h5-29H,3-4H2,1-2H3;3H,1H2,2H3;1-2H3. The minimum Gasteiger partial charge on any atom is -0.309 e. The molecule has 8 rings (SSSR count). The van der Waals surface area contributed by atoms with Crippen LogP contribution in [0.15, 0.2) is 164 Å². The SMILES string of the molecule is C=CC.CC.CCc1ccc2c(c1)c1cc(CC)ccc1n2-c1ccc(-c2cccc(-c3cc(-c4ccccc4)nc(-c4ccccc4)n3)c2)cc1. The Hall–Kier alpha value is -6.06. The second-order valence-electron chi connectivity index (χ2n) is 12.5. The van der Waals surface area contributed by atoms with Gasteiger partial charge in [0.05, 0.1) is 22.4 Å². The highest BCUT2D eigenvalue weighted by molar-refractivity contribution is 6.09. The van der Waals surface area contributed by atoms with Crippen LogP contribution in [0.5, 0.6) is 0 Å². The number of fused-ring (bicyclic) bond motifs is 3. The Morgan fingerprint density at radius 3 is 1.52 bits per heavy atom. The van der Waals surface area contributed by atoms with Crippen molar-refractivity contribution >= 4 is 21.8 Å². The van der Waals surface area contributed by atoms with Crippen LogP contribution >= 0.6 is 0 Å². The molecule has 0 amide bonds. The van der Waals surface area contributed by atoms with E-state index in [0.717, 1.165) is 58.0 Å². The third-order valence-corrected chi connectivity index (χ3v) is 9.16. The number of allylic oxidation sites excluding steroid dienone is 1. The molecular formula is C49H47N3. The van der Waals surface area contributed by atoms with Gasteiger partial charge in [-0.3, -0.25) is 0 Å². The monoisotopic (exact) mass is 677 g/mol. The molecule has 0 bridgehead atoms. The molecular weight excluding hydrogens is 631 g/mol. The second-order valence-corrected chi connectivity index (χ2v) is 12.5. The van der Waals surface area contributed by atoms with E-state index >= 15 is 0 Å². The van der Waals surface area contributed by atoms with Gasteiger partial charge >= 0.3 is 0 Å². The summed E-state index contributed by atoms with van der Waals surface area (Å²) in [6, 6.07) is 54.1. The van der Waals surface area contributed by atoms with E-state index in [1.807, 2.05) is 57.2 Å². The highest BCUT2D eigenvalue weighted by atomic mass is 15.0. The summed E-state index contributed by atoms with van der Waals surface area (Å²) < 4.78 is 2.40. The fourth-order valence-electron chi connectivity index (χ4n) is 6.56. The summed E-state index contributed by atoms with van der Waals surface area (Å²) in [4.78, 5) is 10.0. The summed E-state index contributed by atoms with van der Waals surface area (Å²) in [5, 5.41) is 2.64. The van der Waals surface area contributed by atoms with Crippen LogP contribution in [0.25, 0.3) is 72.5 Å². The number of rotatable bonds is 7. The van der Waals surface area contributed by atoms with Gasteiger partial charge in [-0.1, -0.05) is 137 Å². The Balaban J connectivity index is 0.000000884. The minimum atomic E-state index is 0.722. The molecule has 0 aliphatic carbocycles. The molecule has 2 heterocycles. The van der Waals surface area contributed by atoms with Crippen LogP contribution in [0, 0.1) is 0 Å². The van der Waals surface area contributed by atoms with E-state index in [-0.39, 0.29) is 0 Å². The first-order valence-electron chi connectivity index (χ1n) is 18.4. The zero-order valence-electron chi connectivity index (χ0n) is 31.0. The van der Waals surface area contributed by atoms with E-state index in [0.29, 0.717) is 0 Å². The lowest BCUT2D eigenvalue weighted by Crippen LogP contribution is -1.96. The van der Waals surface area contributed by atoms with Crippen LogP contribution in [0.1, 0.15) is 45.7 Å². The molecule has 0 aliphatic rings. The average Bonchev–Trinajstić information content (AvgIpc) is 3.55. The van der Waals surface area contributed by atoms with Crippen molar-refractivity contribution in [3.63, 3.8) is 0 Å². The third kappa shape index (κ3) is 7.50. The molecule has 0 saturated heterocycles. The van der Waals surface area contributed by atoms with Crippen molar-refractivity contribution in [2.45, 2.75) is 47.5 Å². The maximum Gasteiger partial charge on any atom is 0.160 e. The van der Waals surface area contributed by atoms with E-state index in [4.69, 9.17) is 9.97 Å². The maximum absolute atomic E-state index is 5.05. The highest BCUT2D eigenvalue weighted by Crippen LogP contribution is 2.35. The summed E-state index contributed by atoms with van der Waals surface area (Å²) in [5.74, 6) is 0.722. The van der Waals surface area contributed by atoms with Crippen LogP contribution in [-0.4, -0.2) is 14.5 Å². The van der Waals surface area contributed by atoms with E-state index < -0.39 is 0 Å². The molecule has 0 fully saturated rings. The van der Waals surface area contributed by atoms with Crippen LogP contribution in [0.2, 0.25) is 0 Å². The third-order valence-electron chi connectivity index (χ3n) is 9.16. The maximum atomic E-state index is 5.05. The molecule has 2 aromatic heterocycles. The Kier molecular flexibility index (Phi) is 11.5. The number of nitrogens with zero attached hydrogens (tertiary/aromatic N) is 3. The van der Waals surface area contributed by atoms with E-state index in [2.05, 4.69) is 140 Å². The fraction of sp³-hybridized carbons (Fsp3) is 0.143. The molecule has 0 aliphatic heterocycles. The number of hydrogen-bond donors (Lipinski definition) is 0. The highest BCUT2D eigenvalue weighted by Gasteiger charge is 2.15. The molecule has 0 spiro atoms. The first kappa shape index (κ1) is 35.8. The van der Waals surface area contributed by atoms with Crippen molar-refractivity contribution in [2.24, 2.45) is 0 Å². The molecule has 3 heteroatoms. The van der Waals surface area contributed by atoms with Gasteiger partial charge in [-0.05, 0) is 90.6 Å². The van der Waals surface area contributed by atoms with Crippen LogP contribution in [0.4, 0.5) is 0 Å². The first-order chi connectivity index (χ1) is 25.6. The normalized spacial score (nSPS) is 10.6. The van der Waals surface area contributed by atoms with Gasteiger partial charge in [0.15, 0.2) is 5.82 Å². The molecule has 0 saturated carbocycles. The Morgan fingerprint density at radius 1 is 0.500 bits per heavy atom. The molecule has 8 aromatic rings. The lowest BCUT2D eigenvalue weighted by Gasteiger charge is -2.12. The molecule has 0 N–H and O–H groups in total. The summed E-state index contributed by atoms with van der Waals surface area (Å²) in [5.41, 5.74) is 13.6. The lowest BCUT2D eigenvalue weighted by atomic mass is 10.0. The van der Waals surface area contributed by atoms with E-state index in [9.17, 15) is 0 Å². The van der Waals surface area contributed by atoms with Crippen LogP contribution in [0.3, 0.4) is 0 Å². The summed E-state index contributed by atoms with van der Waals surface area (Å²) in [6.07, 6.45) is 3.81. The molecule has 6 aromatic carbocycles. The van der Waals surface area contributed by atoms with Gasteiger partial charge in [0.2, 0.25) is 0 Å². The number of benzene rings is 6. The van der Waals surface area contributed by atoms with Crippen LogP contribution < -0.4 is 0 Å². The smallest absolute Gasteiger partial charge is 0.160 e. The number of aromatic nitrogens is 3. The Labute approximate surface area is 309 Å². The predicted octanol–water partition coefficient (Wildman–Crippen LogP) is 13.6. The number of hydrogen-bond acceptors (Lipinski definition) is 2. The molecule has 0 radical (unpaired) electrons.